The Bertz CT molecular complexity index is 1050. The molecule has 0 bridgehead atoms. The summed E-state index contributed by atoms with van der Waals surface area (Å²) in [5, 5.41) is 2.90. The molecule has 1 atom stereocenters. The van der Waals surface area contributed by atoms with Crippen LogP contribution in [0.5, 0.6) is 0 Å². The number of sulfonamides is 1. The van der Waals surface area contributed by atoms with Crippen LogP contribution < -0.4 is 14.5 Å². The third-order valence-electron chi connectivity index (χ3n) is 5.43. The van der Waals surface area contributed by atoms with Gasteiger partial charge in [0.15, 0.2) is 0 Å². The van der Waals surface area contributed by atoms with Crippen molar-refractivity contribution in [1.29, 1.82) is 0 Å². The molecule has 0 saturated carbocycles. The van der Waals surface area contributed by atoms with E-state index in [4.69, 9.17) is 0 Å². The molecule has 0 radical (unpaired) electrons. The highest BCUT2D eigenvalue weighted by molar-refractivity contribution is 7.93. The number of para-hydroxylation sites is 1. The monoisotopic (exact) mass is 413 g/mol. The topological polar surface area (TPSA) is 86.8 Å². The standard InChI is InChI=1S/C21H23N3O4S/c1-15-8-9-18(24-10-5-11-29(24,27)28)13-19(15)22-21(26)16-12-20(25)23(14-16)17-6-3-2-4-7-17/h2-4,6-9,13,16H,5,10-12,14H2,1H3,(H,22,26). The average Bonchev–Trinajstić information content (AvgIpc) is 3.26. The minimum atomic E-state index is -3.29. The van der Waals surface area contributed by atoms with E-state index < -0.39 is 15.9 Å². The maximum absolute atomic E-state index is 12.8. The van der Waals surface area contributed by atoms with Crippen molar-refractivity contribution in [3.63, 3.8) is 0 Å². The molecule has 1 N–H and O–H groups in total. The van der Waals surface area contributed by atoms with Gasteiger partial charge in [-0.1, -0.05) is 24.3 Å². The fourth-order valence-corrected chi connectivity index (χ4v) is 5.36. The highest BCUT2D eigenvalue weighted by Gasteiger charge is 2.35. The number of carbonyl (C=O) groups is 2. The lowest BCUT2D eigenvalue weighted by Crippen LogP contribution is -2.28. The van der Waals surface area contributed by atoms with Gasteiger partial charge in [0.25, 0.3) is 0 Å². The molecule has 29 heavy (non-hydrogen) atoms. The van der Waals surface area contributed by atoms with Gasteiger partial charge in [-0.15, -0.1) is 0 Å². The summed E-state index contributed by atoms with van der Waals surface area (Å²) in [6, 6.07) is 14.5. The Morgan fingerprint density at radius 3 is 2.55 bits per heavy atom. The number of hydrogen-bond acceptors (Lipinski definition) is 4. The van der Waals surface area contributed by atoms with Gasteiger partial charge < -0.3 is 10.2 Å². The summed E-state index contributed by atoms with van der Waals surface area (Å²) in [6.07, 6.45) is 0.747. The van der Waals surface area contributed by atoms with E-state index in [-0.39, 0.29) is 24.0 Å². The van der Waals surface area contributed by atoms with Crippen molar-refractivity contribution in [3.8, 4) is 0 Å². The predicted molar refractivity (Wildman–Crippen MR) is 112 cm³/mol. The molecule has 152 valence electrons. The minimum absolute atomic E-state index is 0.0787. The fourth-order valence-electron chi connectivity index (χ4n) is 3.80. The van der Waals surface area contributed by atoms with Crippen LogP contribution in [-0.2, 0) is 19.6 Å². The van der Waals surface area contributed by atoms with Crippen LogP contribution in [0.25, 0.3) is 0 Å². The van der Waals surface area contributed by atoms with Crippen LogP contribution in [0.2, 0.25) is 0 Å². The Labute approximate surface area is 170 Å². The van der Waals surface area contributed by atoms with E-state index >= 15 is 0 Å². The van der Waals surface area contributed by atoms with E-state index in [1.54, 1.807) is 23.1 Å². The van der Waals surface area contributed by atoms with Gasteiger partial charge in [-0.3, -0.25) is 13.9 Å². The molecule has 2 amide bonds. The summed E-state index contributed by atoms with van der Waals surface area (Å²) in [5.74, 6) is -0.630. The van der Waals surface area contributed by atoms with Crippen LogP contribution >= 0.6 is 0 Å². The first-order valence-electron chi connectivity index (χ1n) is 9.62. The lowest BCUT2D eigenvalue weighted by molar-refractivity contribution is -0.122. The van der Waals surface area contributed by atoms with E-state index in [1.807, 2.05) is 37.3 Å². The van der Waals surface area contributed by atoms with Crippen LogP contribution in [0.1, 0.15) is 18.4 Å². The van der Waals surface area contributed by atoms with Gasteiger partial charge in [0.2, 0.25) is 21.8 Å². The lowest BCUT2D eigenvalue weighted by Gasteiger charge is -2.20. The number of carbonyl (C=O) groups excluding carboxylic acids is 2. The fraction of sp³-hybridized carbons (Fsp3) is 0.333. The van der Waals surface area contributed by atoms with Gasteiger partial charge in [0.1, 0.15) is 0 Å². The molecule has 7 nitrogen and oxygen atoms in total. The number of amides is 2. The molecule has 0 aromatic heterocycles. The highest BCUT2D eigenvalue weighted by Crippen LogP contribution is 2.30. The van der Waals surface area contributed by atoms with Gasteiger partial charge >= 0.3 is 0 Å². The Morgan fingerprint density at radius 1 is 1.10 bits per heavy atom. The number of nitrogens with one attached hydrogen (secondary N) is 1. The van der Waals surface area contributed by atoms with Crippen LogP contribution in [0.3, 0.4) is 0 Å². The van der Waals surface area contributed by atoms with Gasteiger partial charge in [-0.25, -0.2) is 8.42 Å². The Morgan fingerprint density at radius 2 is 1.86 bits per heavy atom. The largest absolute Gasteiger partial charge is 0.325 e. The Kier molecular flexibility index (Phi) is 5.04. The summed E-state index contributed by atoms with van der Waals surface area (Å²) in [7, 11) is -3.29. The first kappa shape index (κ1) is 19.4. The van der Waals surface area contributed by atoms with Crippen molar-refractivity contribution >= 4 is 38.9 Å². The molecule has 2 aliphatic heterocycles. The van der Waals surface area contributed by atoms with Crippen molar-refractivity contribution < 1.29 is 18.0 Å². The maximum Gasteiger partial charge on any atom is 0.235 e. The smallest absolute Gasteiger partial charge is 0.235 e. The molecule has 2 heterocycles. The first-order valence-corrected chi connectivity index (χ1v) is 11.2. The van der Waals surface area contributed by atoms with Crippen LogP contribution in [0, 0.1) is 12.8 Å². The number of anilines is 3. The molecule has 2 aliphatic rings. The SMILES string of the molecule is Cc1ccc(N2CCCS2(=O)=O)cc1NC(=O)C1CC(=O)N(c2ccccc2)C1. The zero-order chi connectivity index (χ0) is 20.6. The third-order valence-corrected chi connectivity index (χ3v) is 7.30. The molecule has 4 rings (SSSR count). The summed E-state index contributed by atoms with van der Waals surface area (Å²) >= 11 is 0. The van der Waals surface area contributed by atoms with Crippen LogP contribution in [-0.4, -0.2) is 39.1 Å². The quantitative estimate of drug-likeness (QED) is 0.835. The number of rotatable bonds is 4. The van der Waals surface area contributed by atoms with Crippen molar-refractivity contribution in [2.75, 3.05) is 33.4 Å². The van der Waals surface area contributed by atoms with E-state index in [0.717, 1.165) is 11.3 Å². The normalized spacial score (nSPS) is 20.9. The molecule has 2 aromatic carbocycles. The van der Waals surface area contributed by atoms with Crippen molar-refractivity contribution in [2.24, 2.45) is 5.92 Å². The highest BCUT2D eigenvalue weighted by atomic mass is 32.2. The molecule has 1 unspecified atom stereocenters. The Balaban J connectivity index is 1.50. The molecule has 8 heteroatoms. The predicted octanol–water partition coefficient (Wildman–Crippen LogP) is 2.53. The number of nitrogens with zero attached hydrogens (tertiary/aromatic N) is 2. The number of hydrogen-bond donors (Lipinski definition) is 1. The van der Waals surface area contributed by atoms with E-state index in [2.05, 4.69) is 5.32 Å². The van der Waals surface area contributed by atoms with Crippen LogP contribution in [0.15, 0.2) is 48.5 Å². The van der Waals surface area contributed by atoms with Crippen molar-refractivity contribution in [3.05, 3.63) is 54.1 Å². The summed E-state index contributed by atoms with van der Waals surface area (Å²) in [4.78, 5) is 26.8. The zero-order valence-electron chi connectivity index (χ0n) is 16.2. The van der Waals surface area contributed by atoms with Crippen LogP contribution in [0.4, 0.5) is 17.1 Å². The van der Waals surface area contributed by atoms with Gasteiger partial charge in [-0.2, -0.15) is 0 Å². The van der Waals surface area contributed by atoms with Gasteiger partial charge in [-0.05, 0) is 43.2 Å². The lowest BCUT2D eigenvalue weighted by atomic mass is 10.1. The molecule has 2 saturated heterocycles. The summed E-state index contributed by atoms with van der Waals surface area (Å²) in [6.45, 7) is 2.63. The molecule has 2 aromatic rings. The molecular formula is C21H23N3O4S. The number of aryl methyl sites for hydroxylation is 1. The van der Waals surface area contributed by atoms with E-state index in [1.165, 1.54) is 4.31 Å². The Hall–Kier alpha value is -2.87. The van der Waals surface area contributed by atoms with Crippen molar-refractivity contribution in [2.45, 2.75) is 19.8 Å². The van der Waals surface area contributed by atoms with Gasteiger partial charge in [0, 0.05) is 30.9 Å². The number of benzene rings is 2. The summed E-state index contributed by atoms with van der Waals surface area (Å²) in [5.41, 5.74) is 2.74. The van der Waals surface area contributed by atoms with E-state index in [9.17, 15) is 18.0 Å². The third kappa shape index (κ3) is 3.85. The second-order valence-electron chi connectivity index (χ2n) is 7.47. The summed E-state index contributed by atoms with van der Waals surface area (Å²) < 4.78 is 25.8. The second-order valence-corrected chi connectivity index (χ2v) is 9.48. The first-order chi connectivity index (χ1) is 13.8. The average molecular weight is 413 g/mol. The molecule has 2 fully saturated rings. The minimum Gasteiger partial charge on any atom is -0.325 e. The maximum atomic E-state index is 12.8. The van der Waals surface area contributed by atoms with Gasteiger partial charge in [0.05, 0.1) is 17.4 Å². The molecular weight excluding hydrogens is 390 g/mol. The van der Waals surface area contributed by atoms with E-state index in [0.29, 0.717) is 30.9 Å². The zero-order valence-corrected chi connectivity index (χ0v) is 17.0. The second kappa shape index (κ2) is 7.51. The van der Waals surface area contributed by atoms with Crippen molar-refractivity contribution in [1.82, 2.24) is 0 Å². The molecule has 0 aliphatic carbocycles. The molecule has 0 spiro atoms.